The number of aliphatic hydroxyl groups excluding tert-OH is 2. The lowest BCUT2D eigenvalue weighted by Gasteiger charge is -2.29. The predicted octanol–water partition coefficient (Wildman–Crippen LogP) is -0.130. The molecule has 36 nitrogen and oxygen atoms in total. The number of rotatable bonds is 32. The van der Waals surface area contributed by atoms with Gasteiger partial charge in [-0.15, -0.1) is 0 Å². The summed E-state index contributed by atoms with van der Waals surface area (Å²) in [4.78, 5) is 206. The molecule has 0 radical (unpaired) electrons. The van der Waals surface area contributed by atoms with Gasteiger partial charge in [-0.25, -0.2) is 14.1 Å². The first-order chi connectivity index (χ1) is 56.7. The van der Waals surface area contributed by atoms with Gasteiger partial charge >= 0.3 is 12.1 Å². The molecule has 22 N–H and O–H groups in total. The van der Waals surface area contributed by atoms with Gasteiger partial charge in [0, 0.05) is 60.1 Å². The smallest absolute Gasteiger partial charge is 0.427 e. The number of anilines is 1. The Morgan fingerprint density at radius 1 is 0.675 bits per heavy atom. The highest BCUT2D eigenvalue weighted by Crippen LogP contribution is 2.41. The van der Waals surface area contributed by atoms with E-state index in [4.69, 9.17) is 32.4 Å². The van der Waals surface area contributed by atoms with E-state index in [1.807, 2.05) is 34.6 Å². The van der Waals surface area contributed by atoms with Crippen molar-refractivity contribution in [1.82, 2.24) is 68.4 Å². The average molecular weight is 1680 g/mol. The molecule has 4 aromatic rings. The summed E-state index contributed by atoms with van der Waals surface area (Å²) < 4.78 is 27.1. The molecular formula is C83H121FN18O18. The number of halogens is 1. The van der Waals surface area contributed by atoms with Gasteiger partial charge in [-0.1, -0.05) is 111 Å². The van der Waals surface area contributed by atoms with E-state index in [9.17, 15) is 77.3 Å². The summed E-state index contributed by atoms with van der Waals surface area (Å²) in [6.07, 6.45) is -4.78. The minimum absolute atomic E-state index is 0.0111. The van der Waals surface area contributed by atoms with Crippen LogP contribution in [0.2, 0.25) is 0 Å². The number of para-hydroxylation sites is 1. The molecule has 2 aliphatic rings. The average Bonchev–Trinajstić information content (AvgIpc) is 1.65. The number of hydrogen-bond acceptors (Lipinski definition) is 23. The number of likely N-dealkylation sites (N-methyl/N-ethyl adjacent to an activating group) is 1. The second-order valence-electron chi connectivity index (χ2n) is 31.5. The first-order valence-electron chi connectivity index (χ1n) is 40.5. The molecule has 0 bridgehead atoms. The fraction of sp³-hybridized carbons (Fsp3) is 0.542. The van der Waals surface area contributed by atoms with Crippen LogP contribution in [0.1, 0.15) is 164 Å². The summed E-state index contributed by atoms with van der Waals surface area (Å²) in [5.41, 5.74) is 25.8. The largest absolute Gasteiger partial charge is 0.460 e. The Hall–Kier alpha value is -11.1. The molecule has 6 rings (SSSR count). The summed E-state index contributed by atoms with van der Waals surface area (Å²) >= 11 is 0. The Labute approximate surface area is 698 Å². The molecule has 1 saturated heterocycles. The number of aromatic amines is 1. The topological polar surface area (TPSA) is 557 Å². The van der Waals surface area contributed by atoms with Gasteiger partial charge in [0.2, 0.25) is 59.1 Å². The van der Waals surface area contributed by atoms with Gasteiger partial charge < -0.3 is 111 Å². The molecule has 2 aliphatic heterocycles. The number of aromatic nitrogens is 1. The maximum absolute atomic E-state index is 15.2. The molecule has 1 aromatic heterocycles. The zero-order valence-corrected chi connectivity index (χ0v) is 70.5. The number of nitrogens with one attached hydrogen (secondary N) is 12. The molecule has 2 unspecified atom stereocenters. The Balaban J connectivity index is 1.22. The van der Waals surface area contributed by atoms with Crippen molar-refractivity contribution in [3.8, 4) is 5.75 Å². The summed E-state index contributed by atoms with van der Waals surface area (Å²) in [6, 6.07) is 2.44. The van der Waals surface area contributed by atoms with Crippen LogP contribution in [0, 0.1) is 37.4 Å². The molecule has 658 valence electrons. The van der Waals surface area contributed by atoms with E-state index in [2.05, 4.69) is 68.4 Å². The van der Waals surface area contributed by atoms with Crippen LogP contribution in [0.5, 0.6) is 5.75 Å². The van der Waals surface area contributed by atoms with E-state index in [0.29, 0.717) is 46.7 Å². The predicted molar refractivity (Wildman–Crippen MR) is 444 cm³/mol. The van der Waals surface area contributed by atoms with Crippen LogP contribution in [0.25, 0.3) is 11.6 Å². The lowest BCUT2D eigenvalue weighted by Crippen LogP contribution is -2.61. The lowest BCUT2D eigenvalue weighted by atomic mass is 9.85. The van der Waals surface area contributed by atoms with Gasteiger partial charge in [-0.2, -0.15) is 0 Å². The maximum atomic E-state index is 15.2. The van der Waals surface area contributed by atoms with Gasteiger partial charge in [0.05, 0.1) is 34.9 Å². The molecule has 120 heavy (non-hydrogen) atoms. The van der Waals surface area contributed by atoms with Crippen molar-refractivity contribution in [3.63, 3.8) is 0 Å². The SMILES string of the molecule is CCN(CC)CCNC(=O)c1c(C)[nH]c(/C=C2\C(=O)N(C(=O)Oc3c(COC(=O)C(C)C(C)C(=O)N[C@H](C(=O)N[C@H](CCN)C(=O)N[C@H]4CCNC(=O)[C@@H]([C@@H](C)O)NC(=O)[C@@H](CCN)NC(=O)[C@@H](CCN)NC(=O)[C@@H](CC(C)C)NC(=O)[C@@H](Cc5ccccc5)NC(=O)[C@@H](CCN)NC4=O)[C@@H](C)O)cccc3C(C)(C)C)c3ccc(F)cc32)c1C. The summed E-state index contributed by atoms with van der Waals surface area (Å²) in [5, 5.41) is 50.4. The monoisotopic (exact) mass is 1680 g/mol. The second kappa shape index (κ2) is 45.9. The first-order valence-corrected chi connectivity index (χ1v) is 40.5. The zero-order chi connectivity index (χ0) is 89.2. The van der Waals surface area contributed by atoms with Crippen molar-refractivity contribution in [3.05, 3.63) is 117 Å². The minimum Gasteiger partial charge on any atom is -0.460 e. The summed E-state index contributed by atoms with van der Waals surface area (Å²) in [6.45, 7) is 22.1. The molecule has 0 spiro atoms. The molecule has 3 heterocycles. The Morgan fingerprint density at radius 2 is 1.25 bits per heavy atom. The van der Waals surface area contributed by atoms with Crippen LogP contribution >= 0.6 is 0 Å². The van der Waals surface area contributed by atoms with E-state index >= 15 is 4.39 Å². The number of nitrogens with zero attached hydrogens (tertiary/aromatic N) is 2. The number of ether oxygens (including phenoxy) is 2. The molecule has 13 atom stereocenters. The number of benzene rings is 3. The number of carbonyl (C=O) groups is 14. The summed E-state index contributed by atoms with van der Waals surface area (Å²) in [7, 11) is 0. The Kier molecular flexibility index (Phi) is 37.4. The van der Waals surface area contributed by atoms with Crippen molar-refractivity contribution in [2.75, 3.05) is 63.8 Å². The number of fused-ring (bicyclic) bond motifs is 1. The lowest BCUT2D eigenvalue weighted by molar-refractivity contribution is -0.153. The van der Waals surface area contributed by atoms with Gasteiger partial charge in [-0.3, -0.25) is 62.3 Å². The van der Waals surface area contributed by atoms with Crippen molar-refractivity contribution in [2.24, 2.45) is 40.7 Å². The highest BCUT2D eigenvalue weighted by Gasteiger charge is 2.43. The number of carbonyl (C=O) groups excluding carboxylic acids is 14. The highest BCUT2D eigenvalue weighted by atomic mass is 19.1. The normalized spacial score (nSPS) is 20.6. The molecule has 37 heteroatoms. The quantitative estimate of drug-likeness (QED) is 0.0224. The maximum Gasteiger partial charge on any atom is 0.427 e. The van der Waals surface area contributed by atoms with Crippen molar-refractivity contribution in [1.29, 1.82) is 0 Å². The number of hydrogen-bond donors (Lipinski definition) is 18. The van der Waals surface area contributed by atoms with Gasteiger partial charge in [0.15, 0.2) is 0 Å². The third-order valence-corrected chi connectivity index (χ3v) is 20.8. The van der Waals surface area contributed by atoms with Gasteiger partial charge in [-0.05, 0) is 152 Å². The third kappa shape index (κ3) is 27.0. The van der Waals surface area contributed by atoms with E-state index in [-0.39, 0.29) is 105 Å². The Bertz CT molecular complexity index is 4340. The number of aliphatic hydroxyl groups is 2. The number of amides is 13. The number of H-pyrrole nitrogens is 1. The van der Waals surface area contributed by atoms with Crippen LogP contribution in [-0.4, -0.2) is 229 Å². The number of esters is 1. The van der Waals surface area contributed by atoms with Crippen LogP contribution in [-0.2, 0) is 80.7 Å². The molecule has 0 saturated carbocycles. The third-order valence-electron chi connectivity index (χ3n) is 20.8. The molecular weight excluding hydrogens is 1560 g/mol. The second-order valence-corrected chi connectivity index (χ2v) is 31.5. The number of aryl methyl sites for hydroxylation is 1. The van der Waals surface area contributed by atoms with Crippen LogP contribution in [0.4, 0.5) is 14.9 Å². The first kappa shape index (κ1) is 97.7. The van der Waals surface area contributed by atoms with E-state index < -0.39 is 186 Å². The van der Waals surface area contributed by atoms with E-state index in [1.54, 1.807) is 70.2 Å². The van der Waals surface area contributed by atoms with Gasteiger partial charge in [0.25, 0.3) is 11.8 Å². The standard InChI is InChI=1S/C83H121FN18O18/c1-14-101(15-2)37-36-90-77(113)65-46(7)61(91-47(65)8)41-54-53-40-52(84)24-25-64(53)102(80(54)116)82(118)120-68-51(22-19-23-55(68)83(11,12)13)42-119-81(117)45(6)44(5)69(105)99-67(49(10)104)79(115)96-58(28-33-87)71(107)95-60-30-35-89-78(114)66(48(9)103)100-74(110)59(29-34-88)93-70(106)56(26-31-85)94-75(111)62(38-43(3)4)97-76(112)63(39-50-20-17-16-18-21-50)98-72(108)57(27-32-86)92-73(60)109/h16-25,40-41,43-45,48-49,56-60,62-63,66-67,91,103-104H,14-15,26-39,42,85-88H2,1-13H3,(H,89,114)(H,90,113)(H,92,109)(H,93,106)(H,94,111)(H,95,107)(H,96,115)(H,97,112)(H,98,108)(H,99,105)(H,100,110)/b54-41-/t44?,45?,48-,49-,56-,57-,58-,59-,60+,62-,63-,66-,67+/m1/s1. The number of nitrogens with two attached hydrogens (primary N) is 4. The van der Waals surface area contributed by atoms with Crippen molar-refractivity contribution < 1.29 is 91.2 Å². The van der Waals surface area contributed by atoms with E-state index in [0.717, 1.165) is 37.0 Å². The molecule has 0 aliphatic carbocycles. The molecule has 3 aromatic carbocycles. The zero-order valence-electron chi connectivity index (χ0n) is 70.5. The number of imide groups is 1. The van der Waals surface area contributed by atoms with E-state index in [1.165, 1.54) is 39.0 Å². The van der Waals surface area contributed by atoms with Crippen molar-refractivity contribution in [2.45, 2.75) is 214 Å². The molecule has 13 amide bonds. The van der Waals surface area contributed by atoms with Crippen molar-refractivity contribution >= 4 is 100 Å². The molecule has 1 fully saturated rings. The Morgan fingerprint density at radius 3 is 1.82 bits per heavy atom. The fourth-order valence-corrected chi connectivity index (χ4v) is 13.7. The van der Waals surface area contributed by atoms with Crippen LogP contribution in [0.15, 0.2) is 66.7 Å². The fourth-order valence-electron chi connectivity index (χ4n) is 13.7. The minimum atomic E-state index is -1.85. The van der Waals surface area contributed by atoms with Crippen LogP contribution < -0.4 is 91.1 Å². The van der Waals surface area contributed by atoms with Gasteiger partial charge in [0.1, 0.15) is 72.6 Å². The summed E-state index contributed by atoms with van der Waals surface area (Å²) in [5.74, 6) is -15.8. The van der Waals surface area contributed by atoms with Crippen LogP contribution in [0.3, 0.4) is 0 Å². The highest BCUT2D eigenvalue weighted by molar-refractivity contribution is 6.41.